The van der Waals surface area contributed by atoms with E-state index in [2.05, 4.69) is 46.3 Å². The third kappa shape index (κ3) is 2.67. The highest BCUT2D eigenvalue weighted by atomic mass is 32.2. The first-order valence-electron chi connectivity index (χ1n) is 6.29. The van der Waals surface area contributed by atoms with Crippen LogP contribution < -0.4 is 5.32 Å². The van der Waals surface area contributed by atoms with E-state index in [1.54, 1.807) is 0 Å². The van der Waals surface area contributed by atoms with Crippen LogP contribution in [0.4, 0.5) is 0 Å². The maximum Gasteiger partial charge on any atom is 0.0457 e. The van der Waals surface area contributed by atoms with Gasteiger partial charge in [-0.25, -0.2) is 0 Å². The molecule has 3 heteroatoms. The van der Waals surface area contributed by atoms with E-state index < -0.39 is 0 Å². The first-order valence-corrected chi connectivity index (χ1v) is 7.44. The van der Waals surface area contributed by atoms with Crippen molar-refractivity contribution >= 4 is 22.7 Å². The molecule has 0 spiro atoms. The van der Waals surface area contributed by atoms with E-state index in [0.717, 1.165) is 12.6 Å². The smallest absolute Gasteiger partial charge is 0.0457 e. The third-order valence-corrected chi connectivity index (χ3v) is 4.48. The van der Waals surface area contributed by atoms with Crippen LogP contribution in [-0.4, -0.2) is 22.5 Å². The standard InChI is InChI=1S/C14H18N2S/c1-2-12-3-6-15-14(12)9-11(1)10-16-13-4-7-17-8-5-13/h1-3,6,9,13,15-16H,4-5,7-8,10H2. The molecule has 0 bridgehead atoms. The molecule has 0 aliphatic carbocycles. The summed E-state index contributed by atoms with van der Waals surface area (Å²) in [6.07, 6.45) is 4.63. The molecule has 1 aliphatic heterocycles. The van der Waals surface area contributed by atoms with Gasteiger partial charge in [-0.3, -0.25) is 0 Å². The molecule has 2 N–H and O–H groups in total. The summed E-state index contributed by atoms with van der Waals surface area (Å²) in [7, 11) is 0. The summed E-state index contributed by atoms with van der Waals surface area (Å²) in [4.78, 5) is 3.27. The monoisotopic (exact) mass is 246 g/mol. The number of aromatic amines is 1. The molecular weight excluding hydrogens is 228 g/mol. The van der Waals surface area contributed by atoms with E-state index >= 15 is 0 Å². The van der Waals surface area contributed by atoms with Gasteiger partial charge in [0.15, 0.2) is 0 Å². The van der Waals surface area contributed by atoms with Crippen LogP contribution in [0.5, 0.6) is 0 Å². The van der Waals surface area contributed by atoms with E-state index in [-0.39, 0.29) is 0 Å². The summed E-state index contributed by atoms with van der Waals surface area (Å²) in [5, 5.41) is 4.96. The Kier molecular flexibility index (Phi) is 3.39. The maximum atomic E-state index is 3.67. The largest absolute Gasteiger partial charge is 0.361 e. The van der Waals surface area contributed by atoms with Crippen molar-refractivity contribution in [2.75, 3.05) is 11.5 Å². The van der Waals surface area contributed by atoms with E-state index in [1.807, 2.05) is 6.20 Å². The number of hydrogen-bond donors (Lipinski definition) is 2. The lowest BCUT2D eigenvalue weighted by atomic mass is 10.1. The van der Waals surface area contributed by atoms with Gasteiger partial charge in [-0.2, -0.15) is 11.8 Å². The molecule has 0 atom stereocenters. The van der Waals surface area contributed by atoms with Crippen LogP contribution >= 0.6 is 11.8 Å². The van der Waals surface area contributed by atoms with E-state index in [9.17, 15) is 0 Å². The van der Waals surface area contributed by atoms with Crippen LogP contribution in [-0.2, 0) is 6.54 Å². The average Bonchev–Trinajstić information content (AvgIpc) is 2.85. The van der Waals surface area contributed by atoms with Gasteiger partial charge in [-0.1, -0.05) is 12.1 Å². The van der Waals surface area contributed by atoms with Gasteiger partial charge in [0.25, 0.3) is 0 Å². The number of thioether (sulfide) groups is 1. The zero-order valence-corrected chi connectivity index (χ0v) is 10.7. The normalized spacial score (nSPS) is 17.6. The summed E-state index contributed by atoms with van der Waals surface area (Å²) in [6.45, 7) is 0.990. The number of H-pyrrole nitrogens is 1. The number of hydrogen-bond acceptors (Lipinski definition) is 2. The van der Waals surface area contributed by atoms with Crippen LogP contribution in [0.1, 0.15) is 18.4 Å². The van der Waals surface area contributed by atoms with Gasteiger partial charge < -0.3 is 10.3 Å². The molecule has 0 unspecified atom stereocenters. The van der Waals surface area contributed by atoms with E-state index in [4.69, 9.17) is 0 Å². The molecule has 90 valence electrons. The lowest BCUT2D eigenvalue weighted by Crippen LogP contribution is -2.31. The lowest BCUT2D eigenvalue weighted by molar-refractivity contribution is 0.482. The fraction of sp³-hybridized carbons (Fsp3) is 0.429. The molecule has 0 amide bonds. The summed E-state index contributed by atoms with van der Waals surface area (Å²) < 4.78 is 0. The molecule has 1 saturated heterocycles. The highest BCUT2D eigenvalue weighted by molar-refractivity contribution is 7.99. The Hall–Kier alpha value is -0.930. The molecular formula is C14H18N2S. The van der Waals surface area contributed by atoms with Gasteiger partial charge in [0, 0.05) is 24.3 Å². The van der Waals surface area contributed by atoms with Crippen molar-refractivity contribution in [3.63, 3.8) is 0 Å². The van der Waals surface area contributed by atoms with Crippen molar-refractivity contribution in [3.8, 4) is 0 Å². The molecule has 17 heavy (non-hydrogen) atoms. The molecule has 1 aromatic carbocycles. The number of rotatable bonds is 3. The third-order valence-electron chi connectivity index (χ3n) is 3.44. The lowest BCUT2D eigenvalue weighted by Gasteiger charge is -2.22. The molecule has 2 aromatic rings. The van der Waals surface area contributed by atoms with Crippen molar-refractivity contribution in [3.05, 3.63) is 36.0 Å². The Morgan fingerprint density at radius 2 is 2.12 bits per heavy atom. The SMILES string of the molecule is c1cc2ccc(CNC3CCSCC3)cc2[nH]1. The van der Waals surface area contributed by atoms with Crippen LogP contribution in [0.2, 0.25) is 0 Å². The van der Waals surface area contributed by atoms with Gasteiger partial charge in [-0.15, -0.1) is 0 Å². The predicted octanol–water partition coefficient (Wildman–Crippen LogP) is 3.15. The minimum Gasteiger partial charge on any atom is -0.361 e. The first-order chi connectivity index (χ1) is 8.42. The second kappa shape index (κ2) is 5.15. The van der Waals surface area contributed by atoms with Gasteiger partial charge in [-0.05, 0) is 47.4 Å². The molecule has 2 heterocycles. The Bertz CT molecular complexity index is 486. The van der Waals surface area contributed by atoms with Crippen LogP contribution in [0, 0.1) is 0 Å². The summed E-state index contributed by atoms with van der Waals surface area (Å²) in [5.74, 6) is 2.63. The quantitative estimate of drug-likeness (QED) is 0.870. The van der Waals surface area contributed by atoms with Crippen LogP contribution in [0.15, 0.2) is 30.5 Å². The fourth-order valence-corrected chi connectivity index (χ4v) is 3.48. The van der Waals surface area contributed by atoms with Crippen LogP contribution in [0.3, 0.4) is 0 Å². The minimum atomic E-state index is 0.718. The van der Waals surface area contributed by atoms with Gasteiger partial charge >= 0.3 is 0 Å². The second-order valence-corrected chi connectivity index (χ2v) is 5.89. The molecule has 1 fully saturated rings. The van der Waals surface area contributed by atoms with Gasteiger partial charge in [0.1, 0.15) is 0 Å². The predicted molar refractivity (Wildman–Crippen MR) is 75.5 cm³/mol. The second-order valence-electron chi connectivity index (χ2n) is 4.67. The number of nitrogens with one attached hydrogen (secondary N) is 2. The Morgan fingerprint density at radius 1 is 1.24 bits per heavy atom. The Morgan fingerprint density at radius 3 is 3.00 bits per heavy atom. The van der Waals surface area contributed by atoms with Gasteiger partial charge in [0.2, 0.25) is 0 Å². The molecule has 1 aliphatic rings. The molecule has 0 radical (unpaired) electrons. The zero-order valence-electron chi connectivity index (χ0n) is 9.91. The van der Waals surface area contributed by atoms with Crippen molar-refractivity contribution in [2.45, 2.75) is 25.4 Å². The first kappa shape index (κ1) is 11.2. The summed E-state index contributed by atoms with van der Waals surface area (Å²) in [6, 6.07) is 9.50. The molecule has 0 saturated carbocycles. The average molecular weight is 246 g/mol. The zero-order chi connectivity index (χ0) is 11.5. The molecule has 1 aromatic heterocycles. The van der Waals surface area contributed by atoms with Crippen molar-refractivity contribution in [1.82, 2.24) is 10.3 Å². The topological polar surface area (TPSA) is 27.8 Å². The van der Waals surface area contributed by atoms with E-state index in [1.165, 1.54) is 40.8 Å². The molecule has 2 nitrogen and oxygen atoms in total. The Labute approximate surface area is 106 Å². The number of benzene rings is 1. The maximum absolute atomic E-state index is 3.67. The van der Waals surface area contributed by atoms with Crippen LogP contribution in [0.25, 0.3) is 10.9 Å². The Balaban J connectivity index is 1.63. The van der Waals surface area contributed by atoms with Crippen molar-refractivity contribution in [2.24, 2.45) is 0 Å². The number of aromatic nitrogens is 1. The highest BCUT2D eigenvalue weighted by Gasteiger charge is 2.12. The van der Waals surface area contributed by atoms with Gasteiger partial charge in [0.05, 0.1) is 0 Å². The number of fused-ring (bicyclic) bond motifs is 1. The van der Waals surface area contributed by atoms with E-state index in [0.29, 0.717) is 0 Å². The van der Waals surface area contributed by atoms with Crippen molar-refractivity contribution in [1.29, 1.82) is 0 Å². The fourth-order valence-electron chi connectivity index (χ4n) is 2.37. The molecule has 3 rings (SSSR count). The van der Waals surface area contributed by atoms with Crippen molar-refractivity contribution < 1.29 is 0 Å². The summed E-state index contributed by atoms with van der Waals surface area (Å²) in [5.41, 5.74) is 2.61. The summed E-state index contributed by atoms with van der Waals surface area (Å²) >= 11 is 2.08. The minimum absolute atomic E-state index is 0.718. The highest BCUT2D eigenvalue weighted by Crippen LogP contribution is 2.18.